The lowest BCUT2D eigenvalue weighted by Crippen LogP contribution is -2.51. The summed E-state index contributed by atoms with van der Waals surface area (Å²) in [6, 6.07) is 15.0. The summed E-state index contributed by atoms with van der Waals surface area (Å²) in [7, 11) is 0. The average Bonchev–Trinajstić information content (AvgIpc) is 3.20. The Bertz CT molecular complexity index is 1320. The van der Waals surface area contributed by atoms with E-state index < -0.39 is 0 Å². The second-order valence-corrected chi connectivity index (χ2v) is 10.7. The minimum atomic E-state index is -0.331. The van der Waals surface area contributed by atoms with Gasteiger partial charge in [0.15, 0.2) is 0 Å². The van der Waals surface area contributed by atoms with Crippen LogP contribution in [0.1, 0.15) is 69.2 Å². The fourth-order valence-corrected chi connectivity index (χ4v) is 5.80. The molecule has 0 bridgehead atoms. The molecule has 2 aromatic carbocycles. The summed E-state index contributed by atoms with van der Waals surface area (Å²) in [5, 5.41) is 13.8. The molecule has 0 aliphatic carbocycles. The number of nitriles is 1. The first-order chi connectivity index (χ1) is 16.6. The van der Waals surface area contributed by atoms with Crippen molar-refractivity contribution in [3.8, 4) is 6.07 Å². The van der Waals surface area contributed by atoms with Crippen LogP contribution in [0.3, 0.4) is 0 Å². The van der Waals surface area contributed by atoms with Gasteiger partial charge < -0.3 is 15.2 Å². The number of hydrogen-bond acceptors (Lipinski definition) is 3. The molecule has 1 atom stereocenters. The number of benzene rings is 2. The molecule has 0 saturated heterocycles. The summed E-state index contributed by atoms with van der Waals surface area (Å²) in [5.74, 6) is 0.0701. The topological polar surface area (TPSA) is 71.9 Å². The van der Waals surface area contributed by atoms with E-state index in [1.807, 2.05) is 24.4 Å². The van der Waals surface area contributed by atoms with E-state index >= 15 is 0 Å². The molecule has 1 aliphatic rings. The predicted molar refractivity (Wildman–Crippen MR) is 145 cm³/mol. The highest BCUT2D eigenvalue weighted by molar-refractivity contribution is 6.02. The third-order valence-electron chi connectivity index (χ3n) is 7.20. The van der Waals surface area contributed by atoms with E-state index in [-0.39, 0.29) is 17.0 Å². The number of aromatic nitrogens is 1. The third kappa shape index (κ3) is 4.84. The van der Waals surface area contributed by atoms with E-state index in [1.54, 1.807) is 6.08 Å². The Morgan fingerprint density at radius 3 is 2.77 bits per heavy atom. The standard InChI is InChI=1S/C30H36N4O/c1-19(2)34-28-13-20(3)23(15-26(28)21(4)16-30(34,5)6)14-24(17-31)29(35)32-12-11-22-18-33-27-10-8-7-9-25(22)27/h7-10,13-15,18-19,21,33H,11-12,16H2,1-6H3,(H,32,35)/b24-14-/t21-/m1/s1. The lowest BCUT2D eigenvalue weighted by atomic mass is 9.78. The van der Waals surface area contributed by atoms with Gasteiger partial charge in [-0.15, -0.1) is 0 Å². The highest BCUT2D eigenvalue weighted by Gasteiger charge is 2.37. The van der Waals surface area contributed by atoms with Crippen molar-refractivity contribution in [3.63, 3.8) is 0 Å². The average molecular weight is 469 g/mol. The summed E-state index contributed by atoms with van der Waals surface area (Å²) in [4.78, 5) is 18.6. The van der Waals surface area contributed by atoms with Crippen molar-refractivity contribution in [2.75, 3.05) is 11.4 Å². The minimum absolute atomic E-state index is 0.0763. The molecular weight excluding hydrogens is 432 g/mol. The zero-order valence-corrected chi connectivity index (χ0v) is 21.7. The molecule has 4 rings (SSSR count). The summed E-state index contributed by atoms with van der Waals surface area (Å²) in [5.41, 5.74) is 7.00. The van der Waals surface area contributed by atoms with Crippen molar-refractivity contribution < 1.29 is 4.79 Å². The van der Waals surface area contributed by atoms with Gasteiger partial charge >= 0.3 is 0 Å². The number of H-pyrrole nitrogens is 1. The van der Waals surface area contributed by atoms with Crippen molar-refractivity contribution >= 4 is 28.6 Å². The first-order valence-corrected chi connectivity index (χ1v) is 12.5. The van der Waals surface area contributed by atoms with Crippen molar-refractivity contribution in [2.24, 2.45) is 0 Å². The Hall–Kier alpha value is -3.52. The number of carbonyl (C=O) groups is 1. The maximum absolute atomic E-state index is 12.8. The van der Waals surface area contributed by atoms with E-state index in [1.165, 1.54) is 11.3 Å². The summed E-state index contributed by atoms with van der Waals surface area (Å²) in [6.45, 7) is 13.9. The van der Waals surface area contributed by atoms with Crippen LogP contribution in [0, 0.1) is 18.3 Å². The van der Waals surface area contributed by atoms with E-state index in [0.717, 1.165) is 34.0 Å². The molecule has 3 aromatic rings. The number of nitrogens with zero attached hydrogens (tertiary/aromatic N) is 2. The van der Waals surface area contributed by atoms with E-state index in [2.05, 4.69) is 81.0 Å². The van der Waals surface area contributed by atoms with Gasteiger partial charge in [-0.3, -0.25) is 4.79 Å². The summed E-state index contributed by atoms with van der Waals surface area (Å²) in [6.07, 6.45) is 5.48. The second kappa shape index (κ2) is 9.62. The molecule has 2 heterocycles. The first-order valence-electron chi connectivity index (χ1n) is 12.5. The van der Waals surface area contributed by atoms with E-state index in [0.29, 0.717) is 24.9 Å². The number of hydrogen-bond donors (Lipinski definition) is 2. The number of anilines is 1. The number of rotatable bonds is 6. The molecule has 5 heteroatoms. The fourth-order valence-electron chi connectivity index (χ4n) is 5.80. The lowest BCUT2D eigenvalue weighted by molar-refractivity contribution is -0.117. The van der Waals surface area contributed by atoms with Gasteiger partial charge in [0.05, 0.1) is 0 Å². The highest BCUT2D eigenvalue weighted by Crippen LogP contribution is 2.45. The summed E-state index contributed by atoms with van der Waals surface area (Å²) < 4.78 is 0. The molecule has 0 unspecified atom stereocenters. The van der Waals surface area contributed by atoms with Crippen LogP contribution in [0.15, 0.2) is 48.2 Å². The van der Waals surface area contributed by atoms with E-state index in [9.17, 15) is 10.1 Å². The molecule has 0 radical (unpaired) electrons. The Morgan fingerprint density at radius 1 is 1.31 bits per heavy atom. The van der Waals surface area contributed by atoms with Crippen molar-refractivity contribution in [1.29, 1.82) is 5.26 Å². The van der Waals surface area contributed by atoms with Crippen LogP contribution in [-0.2, 0) is 11.2 Å². The monoisotopic (exact) mass is 468 g/mol. The quantitative estimate of drug-likeness (QED) is 0.332. The van der Waals surface area contributed by atoms with Gasteiger partial charge in [0, 0.05) is 40.9 Å². The Morgan fingerprint density at radius 2 is 2.06 bits per heavy atom. The zero-order chi connectivity index (χ0) is 25.3. The van der Waals surface area contributed by atoms with Crippen molar-refractivity contribution in [3.05, 3.63) is 70.4 Å². The van der Waals surface area contributed by atoms with Crippen LogP contribution in [-0.4, -0.2) is 29.0 Å². The van der Waals surface area contributed by atoms with Crippen LogP contribution in [0.25, 0.3) is 17.0 Å². The smallest absolute Gasteiger partial charge is 0.261 e. The molecule has 1 amide bonds. The maximum Gasteiger partial charge on any atom is 0.261 e. The zero-order valence-electron chi connectivity index (χ0n) is 21.7. The second-order valence-electron chi connectivity index (χ2n) is 10.7. The molecule has 0 saturated carbocycles. The SMILES string of the molecule is Cc1cc2c(cc1/C=C(/C#N)C(=O)NCCc1c[nH]c3ccccc13)[C@H](C)CC(C)(C)N2C(C)C. The van der Waals surface area contributed by atoms with Crippen molar-refractivity contribution in [2.45, 2.75) is 71.9 Å². The van der Waals surface area contributed by atoms with Crippen LogP contribution < -0.4 is 10.2 Å². The molecule has 2 N–H and O–H groups in total. The number of aryl methyl sites for hydroxylation is 1. The number of carbonyl (C=O) groups excluding carboxylic acids is 1. The van der Waals surface area contributed by atoms with Gasteiger partial charge in [-0.05, 0) is 99.9 Å². The Balaban J connectivity index is 1.54. The molecule has 1 aromatic heterocycles. The van der Waals surface area contributed by atoms with Crippen LogP contribution in [0.2, 0.25) is 0 Å². The molecule has 35 heavy (non-hydrogen) atoms. The normalized spacial score (nSPS) is 17.4. The molecule has 0 spiro atoms. The number of aromatic amines is 1. The Kier molecular flexibility index (Phi) is 6.76. The molecule has 182 valence electrons. The van der Waals surface area contributed by atoms with Gasteiger partial charge in [0.2, 0.25) is 0 Å². The lowest BCUT2D eigenvalue weighted by Gasteiger charge is -2.50. The van der Waals surface area contributed by atoms with Crippen molar-refractivity contribution in [1.82, 2.24) is 10.3 Å². The van der Waals surface area contributed by atoms with Gasteiger partial charge in [-0.1, -0.05) is 25.1 Å². The number of nitrogens with one attached hydrogen (secondary N) is 2. The largest absolute Gasteiger partial charge is 0.364 e. The van der Waals surface area contributed by atoms with Gasteiger partial charge in [0.1, 0.15) is 11.6 Å². The van der Waals surface area contributed by atoms with Crippen LogP contribution >= 0.6 is 0 Å². The van der Waals surface area contributed by atoms with Gasteiger partial charge in [-0.25, -0.2) is 0 Å². The fraction of sp³-hybridized carbons (Fsp3) is 0.400. The predicted octanol–water partition coefficient (Wildman–Crippen LogP) is 6.24. The van der Waals surface area contributed by atoms with Crippen LogP contribution in [0.4, 0.5) is 5.69 Å². The maximum atomic E-state index is 12.8. The Labute approximate surface area is 208 Å². The molecule has 5 nitrogen and oxygen atoms in total. The first kappa shape index (κ1) is 24.6. The van der Waals surface area contributed by atoms with Gasteiger partial charge in [-0.2, -0.15) is 5.26 Å². The molecule has 1 aliphatic heterocycles. The van der Waals surface area contributed by atoms with Gasteiger partial charge in [0.25, 0.3) is 5.91 Å². The number of fused-ring (bicyclic) bond motifs is 2. The third-order valence-corrected chi connectivity index (χ3v) is 7.20. The van der Waals surface area contributed by atoms with Crippen LogP contribution in [0.5, 0.6) is 0 Å². The highest BCUT2D eigenvalue weighted by atomic mass is 16.1. The minimum Gasteiger partial charge on any atom is -0.364 e. The molecular formula is C30H36N4O. The van der Waals surface area contributed by atoms with E-state index in [4.69, 9.17) is 0 Å². The number of para-hydroxylation sites is 1. The number of amides is 1. The summed E-state index contributed by atoms with van der Waals surface area (Å²) >= 11 is 0. The molecule has 0 fully saturated rings.